The lowest BCUT2D eigenvalue weighted by atomic mass is 9.91. The number of likely N-dealkylation sites (tertiary alicyclic amines) is 1. The zero-order valence-corrected chi connectivity index (χ0v) is 15.4. The highest BCUT2D eigenvalue weighted by Gasteiger charge is 2.46. The number of alkyl halides is 3. The number of halogens is 5. The van der Waals surface area contributed by atoms with E-state index in [1.54, 1.807) is 6.92 Å². The minimum Gasteiger partial charge on any atom is -0.376 e. The Kier molecular flexibility index (Phi) is 6.36. The average molecular weight is 411 g/mol. The molecule has 0 aliphatic carbocycles. The Bertz CT molecular complexity index is 729. The molecule has 2 rings (SSSR count). The third kappa shape index (κ3) is 4.70. The number of hydrogen-bond acceptors (Lipinski definition) is 3. The lowest BCUT2D eigenvalue weighted by Gasteiger charge is -2.41. The summed E-state index contributed by atoms with van der Waals surface area (Å²) in [5.41, 5.74) is -0.167. The molecule has 1 aromatic carbocycles. The van der Waals surface area contributed by atoms with Crippen molar-refractivity contribution in [2.45, 2.75) is 31.7 Å². The fraction of sp³-hybridized carbons (Fsp3) is 0.529. The van der Waals surface area contributed by atoms with Crippen molar-refractivity contribution in [1.29, 1.82) is 0 Å². The maximum Gasteiger partial charge on any atom is 0.423 e. The van der Waals surface area contributed by atoms with Crippen molar-refractivity contribution in [3.05, 3.63) is 34.6 Å². The van der Waals surface area contributed by atoms with Crippen molar-refractivity contribution < 1.29 is 32.3 Å². The second kappa shape index (κ2) is 8.02. The first-order valence-electron chi connectivity index (χ1n) is 8.19. The van der Waals surface area contributed by atoms with Crippen LogP contribution < -0.4 is 0 Å². The first-order valence-corrected chi connectivity index (χ1v) is 8.57. The fourth-order valence-electron chi connectivity index (χ4n) is 3.23. The number of carbonyl (C=O) groups excluding carboxylic acids is 2. The standard InChI is InChI=1S/C17H19ClF4N2O3/c1-9-8-24(16(27)14(25)17(20,21)22)6-5-13(9)23(2)15(26)11-4-3-10(18)7-12(11)19/h3-4,7,9,13-14,25H,5-6,8H2,1-2H3/t9-,13+,14-/m1/s1. The van der Waals surface area contributed by atoms with Gasteiger partial charge in [0.2, 0.25) is 6.10 Å². The second-order valence-corrected chi connectivity index (χ2v) is 7.04. The summed E-state index contributed by atoms with van der Waals surface area (Å²) in [4.78, 5) is 26.6. The van der Waals surface area contributed by atoms with Crippen molar-refractivity contribution in [2.75, 3.05) is 20.1 Å². The summed E-state index contributed by atoms with van der Waals surface area (Å²) >= 11 is 5.67. The van der Waals surface area contributed by atoms with Gasteiger partial charge in [0.1, 0.15) is 5.82 Å². The smallest absolute Gasteiger partial charge is 0.376 e. The van der Waals surface area contributed by atoms with E-state index >= 15 is 0 Å². The molecule has 5 nitrogen and oxygen atoms in total. The highest BCUT2D eigenvalue weighted by Crippen LogP contribution is 2.27. The summed E-state index contributed by atoms with van der Waals surface area (Å²) in [5.74, 6) is -3.14. The van der Waals surface area contributed by atoms with Gasteiger partial charge in [-0.3, -0.25) is 9.59 Å². The molecule has 27 heavy (non-hydrogen) atoms. The van der Waals surface area contributed by atoms with E-state index in [1.165, 1.54) is 24.1 Å². The number of nitrogens with zero attached hydrogens (tertiary/aromatic N) is 2. The van der Waals surface area contributed by atoms with Crippen LogP contribution in [0.25, 0.3) is 0 Å². The number of rotatable bonds is 3. The molecular formula is C17H19ClF4N2O3. The lowest BCUT2D eigenvalue weighted by Crippen LogP contribution is -2.55. The molecule has 0 bridgehead atoms. The molecule has 1 N–H and O–H groups in total. The minimum atomic E-state index is -5.03. The van der Waals surface area contributed by atoms with Gasteiger partial charge in [0, 0.05) is 31.2 Å². The molecule has 1 aliphatic heterocycles. The van der Waals surface area contributed by atoms with Crippen LogP contribution in [0, 0.1) is 11.7 Å². The second-order valence-electron chi connectivity index (χ2n) is 6.60. The van der Waals surface area contributed by atoms with E-state index < -0.39 is 36.0 Å². The van der Waals surface area contributed by atoms with Crippen molar-refractivity contribution >= 4 is 23.4 Å². The first kappa shape index (κ1) is 21.4. The van der Waals surface area contributed by atoms with E-state index in [1.807, 2.05) is 0 Å². The van der Waals surface area contributed by atoms with Crippen LogP contribution in [0.15, 0.2) is 18.2 Å². The van der Waals surface area contributed by atoms with Gasteiger partial charge in [-0.15, -0.1) is 0 Å². The summed E-state index contributed by atoms with van der Waals surface area (Å²) in [6.45, 7) is 1.56. The number of hydrogen-bond donors (Lipinski definition) is 1. The molecule has 0 spiro atoms. The summed E-state index contributed by atoms with van der Waals surface area (Å²) in [7, 11) is 1.47. The topological polar surface area (TPSA) is 60.9 Å². The van der Waals surface area contributed by atoms with Crippen molar-refractivity contribution in [3.63, 3.8) is 0 Å². The SMILES string of the molecule is C[C@@H]1CN(C(=O)[C@@H](O)C(F)(F)F)CC[C@@H]1N(C)C(=O)c1ccc(Cl)cc1F. The number of benzene rings is 1. The fourth-order valence-corrected chi connectivity index (χ4v) is 3.38. The van der Waals surface area contributed by atoms with E-state index in [0.717, 1.165) is 11.0 Å². The minimum absolute atomic E-state index is 0.0539. The number of piperidine rings is 1. The average Bonchev–Trinajstić information content (AvgIpc) is 2.58. The van der Waals surface area contributed by atoms with Gasteiger partial charge in [-0.1, -0.05) is 18.5 Å². The van der Waals surface area contributed by atoms with Crippen LogP contribution in [0.3, 0.4) is 0 Å². The predicted octanol–water partition coefficient (Wildman–Crippen LogP) is 2.71. The van der Waals surface area contributed by atoms with Crippen LogP contribution in [0.5, 0.6) is 0 Å². The van der Waals surface area contributed by atoms with Crippen LogP contribution >= 0.6 is 11.6 Å². The lowest BCUT2D eigenvalue weighted by molar-refractivity contribution is -0.211. The Morgan fingerprint density at radius 2 is 2.00 bits per heavy atom. The molecule has 0 saturated carbocycles. The van der Waals surface area contributed by atoms with Crippen LogP contribution in [-0.4, -0.2) is 65.2 Å². The van der Waals surface area contributed by atoms with E-state index in [9.17, 15) is 27.2 Å². The third-order valence-corrected chi connectivity index (χ3v) is 4.93. The number of aliphatic hydroxyl groups is 1. The molecule has 1 aromatic rings. The van der Waals surface area contributed by atoms with Crippen molar-refractivity contribution in [3.8, 4) is 0 Å². The highest BCUT2D eigenvalue weighted by atomic mass is 35.5. The number of aliphatic hydroxyl groups excluding tert-OH is 1. The molecule has 3 atom stereocenters. The Morgan fingerprint density at radius 1 is 1.37 bits per heavy atom. The van der Waals surface area contributed by atoms with Crippen molar-refractivity contribution in [2.24, 2.45) is 5.92 Å². The van der Waals surface area contributed by atoms with Gasteiger partial charge in [0.25, 0.3) is 11.8 Å². The van der Waals surface area contributed by atoms with Gasteiger partial charge < -0.3 is 14.9 Å². The molecule has 10 heteroatoms. The van der Waals surface area contributed by atoms with Gasteiger partial charge in [-0.2, -0.15) is 13.2 Å². The molecule has 1 heterocycles. The first-order chi connectivity index (χ1) is 12.4. The van der Waals surface area contributed by atoms with Crippen LogP contribution in [-0.2, 0) is 4.79 Å². The van der Waals surface area contributed by atoms with E-state index in [2.05, 4.69) is 0 Å². The Hall–Kier alpha value is -1.87. The van der Waals surface area contributed by atoms with Gasteiger partial charge in [-0.25, -0.2) is 4.39 Å². The molecule has 0 aromatic heterocycles. The molecule has 1 saturated heterocycles. The van der Waals surface area contributed by atoms with Gasteiger partial charge in [0.05, 0.1) is 5.56 Å². The van der Waals surface area contributed by atoms with E-state index in [0.29, 0.717) is 0 Å². The summed E-state index contributed by atoms with van der Waals surface area (Å²) < 4.78 is 51.5. The molecule has 0 unspecified atom stereocenters. The Balaban J connectivity index is 2.07. The number of carbonyl (C=O) groups is 2. The van der Waals surface area contributed by atoms with Crippen molar-refractivity contribution in [1.82, 2.24) is 9.80 Å². The zero-order valence-electron chi connectivity index (χ0n) is 14.6. The van der Waals surface area contributed by atoms with Gasteiger partial charge >= 0.3 is 6.18 Å². The van der Waals surface area contributed by atoms with E-state index in [4.69, 9.17) is 16.7 Å². The summed E-state index contributed by atoms with van der Waals surface area (Å²) in [6, 6.07) is 3.26. The quantitative estimate of drug-likeness (QED) is 0.779. The Morgan fingerprint density at radius 3 is 2.52 bits per heavy atom. The summed E-state index contributed by atoms with van der Waals surface area (Å²) in [5, 5.41) is 9.27. The highest BCUT2D eigenvalue weighted by molar-refractivity contribution is 6.30. The molecule has 150 valence electrons. The van der Waals surface area contributed by atoms with E-state index in [-0.39, 0.29) is 36.0 Å². The molecular weight excluding hydrogens is 392 g/mol. The van der Waals surface area contributed by atoms with Crippen LogP contribution in [0.1, 0.15) is 23.7 Å². The molecule has 0 radical (unpaired) electrons. The van der Waals surface area contributed by atoms with Gasteiger partial charge in [0.15, 0.2) is 0 Å². The predicted molar refractivity (Wildman–Crippen MR) is 89.7 cm³/mol. The molecule has 1 fully saturated rings. The van der Waals surface area contributed by atoms with Crippen LogP contribution in [0.2, 0.25) is 5.02 Å². The third-order valence-electron chi connectivity index (χ3n) is 4.69. The summed E-state index contributed by atoms with van der Waals surface area (Å²) in [6.07, 6.45) is -7.89. The van der Waals surface area contributed by atoms with Gasteiger partial charge in [-0.05, 0) is 30.5 Å². The largest absolute Gasteiger partial charge is 0.423 e. The monoisotopic (exact) mass is 410 g/mol. The normalized spacial score (nSPS) is 21.7. The van der Waals surface area contributed by atoms with Crippen LogP contribution in [0.4, 0.5) is 17.6 Å². The molecule has 2 amide bonds. The molecule has 1 aliphatic rings. The zero-order chi connectivity index (χ0) is 20.5. The maximum atomic E-state index is 14.0. The number of amides is 2. The maximum absolute atomic E-state index is 14.0. The Labute approximate surface area is 158 Å².